The van der Waals surface area contributed by atoms with Gasteiger partial charge in [0.15, 0.2) is 17.6 Å². The summed E-state index contributed by atoms with van der Waals surface area (Å²) >= 11 is 6.90. The van der Waals surface area contributed by atoms with E-state index in [1.165, 1.54) is 41.3 Å². The molecule has 0 aliphatic carbocycles. The number of hydroxylamine groups is 1. The van der Waals surface area contributed by atoms with Crippen LogP contribution in [0.3, 0.4) is 0 Å². The fraction of sp³-hybridized carbons (Fsp3) is 0.207. The Morgan fingerprint density at radius 2 is 1.77 bits per heavy atom. The highest BCUT2D eigenvalue weighted by atomic mass is 35.5. The van der Waals surface area contributed by atoms with E-state index in [2.05, 4.69) is 25.3 Å². The van der Waals surface area contributed by atoms with Crippen molar-refractivity contribution in [2.24, 2.45) is 4.99 Å². The number of nitrogens with one attached hydrogen (secondary N) is 1. The summed E-state index contributed by atoms with van der Waals surface area (Å²) in [5.74, 6) is -1.04. The Labute approximate surface area is 276 Å². The molecule has 1 unspecified atom stereocenters. The third-order valence-corrected chi connectivity index (χ3v) is 7.46. The van der Waals surface area contributed by atoms with Gasteiger partial charge in [-0.25, -0.2) is 19.9 Å². The molecular weight excluding hydrogens is 694 g/mol. The number of ether oxygens (including phenoxy) is 2. The Bertz CT molecular complexity index is 1820. The summed E-state index contributed by atoms with van der Waals surface area (Å²) in [5.41, 5.74) is 3.74. The van der Waals surface area contributed by atoms with Crippen molar-refractivity contribution in [1.29, 1.82) is 0 Å². The zero-order valence-electron chi connectivity index (χ0n) is 24.3. The number of carbonyl (C=O) groups is 2. The minimum atomic E-state index is -4.80. The van der Waals surface area contributed by atoms with Gasteiger partial charge in [-0.2, -0.15) is 18.2 Å². The maximum atomic E-state index is 12.8. The van der Waals surface area contributed by atoms with Crippen molar-refractivity contribution in [3.8, 4) is 28.6 Å². The van der Waals surface area contributed by atoms with Gasteiger partial charge in [0.05, 0.1) is 17.1 Å². The third kappa shape index (κ3) is 8.96. The molecule has 252 valence electrons. The van der Waals surface area contributed by atoms with Gasteiger partial charge in [0.1, 0.15) is 23.9 Å². The summed E-state index contributed by atoms with van der Waals surface area (Å²) in [4.78, 5) is 39.7. The summed E-state index contributed by atoms with van der Waals surface area (Å²) in [6.07, 6.45) is -8.73. The summed E-state index contributed by atoms with van der Waals surface area (Å²) in [7, 11) is 0. The normalized spacial score (nSPS) is 15.1. The van der Waals surface area contributed by atoms with Crippen LogP contribution in [0.4, 0.5) is 36.8 Å². The van der Waals surface area contributed by atoms with Crippen LogP contribution >= 0.6 is 23.4 Å². The number of aliphatic imine (C=N–C) groups is 1. The van der Waals surface area contributed by atoms with E-state index in [0.717, 1.165) is 28.8 Å². The second-order valence-corrected chi connectivity index (χ2v) is 11.2. The fourth-order valence-electron chi connectivity index (χ4n) is 4.17. The molecule has 5 rings (SSSR count). The maximum Gasteiger partial charge on any atom is 0.573 e. The molecule has 48 heavy (non-hydrogen) atoms. The number of halogens is 7. The molecule has 3 amide bonds. The molecule has 1 aliphatic heterocycles. The van der Waals surface area contributed by atoms with Crippen LogP contribution < -0.4 is 19.9 Å². The molecule has 0 spiro atoms. The third-order valence-electron chi connectivity index (χ3n) is 6.30. The largest absolute Gasteiger partial charge is 0.573 e. The lowest BCUT2D eigenvalue weighted by Gasteiger charge is -2.20. The second-order valence-electron chi connectivity index (χ2n) is 9.77. The molecule has 19 heteroatoms. The van der Waals surface area contributed by atoms with Gasteiger partial charge in [-0.3, -0.25) is 14.5 Å². The first-order chi connectivity index (χ1) is 22.6. The van der Waals surface area contributed by atoms with Crippen LogP contribution in [-0.4, -0.2) is 56.8 Å². The number of amidine groups is 1. The van der Waals surface area contributed by atoms with Gasteiger partial charge in [-0.05, 0) is 55.0 Å². The number of anilines is 1. The van der Waals surface area contributed by atoms with Crippen LogP contribution in [0.1, 0.15) is 18.6 Å². The van der Waals surface area contributed by atoms with Crippen molar-refractivity contribution in [3.63, 3.8) is 0 Å². The number of thioether (sulfide) groups is 1. The Hall–Kier alpha value is -4.81. The summed E-state index contributed by atoms with van der Waals surface area (Å²) in [6.45, 7) is 0.0236. The molecule has 1 saturated heterocycles. The van der Waals surface area contributed by atoms with E-state index in [9.17, 15) is 35.9 Å². The number of hydrogen-bond donors (Lipinski definition) is 1. The highest BCUT2D eigenvalue weighted by Gasteiger charge is 2.35. The van der Waals surface area contributed by atoms with Crippen molar-refractivity contribution in [2.45, 2.75) is 25.6 Å². The molecule has 1 fully saturated rings. The van der Waals surface area contributed by atoms with Gasteiger partial charge in [-0.1, -0.05) is 47.6 Å². The van der Waals surface area contributed by atoms with Gasteiger partial charge in [0.2, 0.25) is 5.91 Å². The molecule has 0 bridgehead atoms. The average molecular weight is 715 g/mol. The highest BCUT2D eigenvalue weighted by Crippen LogP contribution is 2.37. The van der Waals surface area contributed by atoms with E-state index in [-0.39, 0.29) is 33.1 Å². The predicted molar refractivity (Wildman–Crippen MR) is 162 cm³/mol. The van der Waals surface area contributed by atoms with Crippen molar-refractivity contribution >= 4 is 46.2 Å². The monoisotopic (exact) mass is 714 g/mol. The van der Waals surface area contributed by atoms with Crippen LogP contribution in [0.5, 0.6) is 11.5 Å². The molecule has 1 aromatic heterocycles. The number of hydrogen-bond acceptors (Lipinski definition) is 8. The number of benzene rings is 3. The molecular formula is C29H21ClF6N6O5S. The fourth-order valence-corrected chi connectivity index (χ4v) is 5.19. The number of amides is 3. The standard InChI is InChI=1S/C29H21ClF6N6O5S/c1-16(17-2-4-18(5-3-17)25-37-15-41(39-25)20-7-9-21(10-8-20)46-29(34,35)36)47-40-26(44)38-27-42(24(43)13-48-27)22-12-19(30)6-11-23(22)45-14-28(31,32)33/h2-12,15-16H,13-14H2,1H3,(H,40,44). The van der Waals surface area contributed by atoms with Gasteiger partial charge < -0.3 is 9.47 Å². The number of nitrogens with zero attached hydrogens (tertiary/aromatic N) is 5. The summed E-state index contributed by atoms with van der Waals surface area (Å²) in [6, 6.07) is 14.6. The molecule has 2 heterocycles. The van der Waals surface area contributed by atoms with Gasteiger partial charge in [0.25, 0.3) is 0 Å². The van der Waals surface area contributed by atoms with Crippen molar-refractivity contribution in [1.82, 2.24) is 20.2 Å². The molecule has 0 saturated carbocycles. The summed E-state index contributed by atoms with van der Waals surface area (Å²) < 4.78 is 85.6. The topological polar surface area (TPSA) is 120 Å². The number of alkyl halides is 6. The maximum absolute atomic E-state index is 12.8. The quantitative estimate of drug-likeness (QED) is 0.142. The lowest BCUT2D eigenvalue weighted by Crippen LogP contribution is -2.32. The Morgan fingerprint density at radius 3 is 2.44 bits per heavy atom. The zero-order valence-corrected chi connectivity index (χ0v) is 25.8. The highest BCUT2D eigenvalue weighted by molar-refractivity contribution is 8.15. The lowest BCUT2D eigenvalue weighted by atomic mass is 10.1. The number of urea groups is 1. The predicted octanol–water partition coefficient (Wildman–Crippen LogP) is 7.27. The average Bonchev–Trinajstić information content (AvgIpc) is 3.65. The van der Waals surface area contributed by atoms with Crippen LogP contribution in [-0.2, 0) is 9.63 Å². The van der Waals surface area contributed by atoms with E-state index in [0.29, 0.717) is 22.6 Å². The first kappa shape index (κ1) is 34.5. The van der Waals surface area contributed by atoms with Crippen LogP contribution in [0.25, 0.3) is 17.1 Å². The van der Waals surface area contributed by atoms with E-state index < -0.39 is 37.2 Å². The number of rotatable bonds is 9. The number of aromatic nitrogens is 3. The van der Waals surface area contributed by atoms with Crippen molar-refractivity contribution in [3.05, 3.63) is 83.6 Å². The first-order valence-electron chi connectivity index (χ1n) is 13.5. The van der Waals surface area contributed by atoms with Crippen LogP contribution in [0.15, 0.2) is 78.0 Å². The molecule has 1 atom stereocenters. The SMILES string of the molecule is CC(ONC(=O)N=C1SCC(=O)N1c1cc(Cl)ccc1OCC(F)(F)F)c1ccc(-c2ncn(-c3ccc(OC(F)(F)F)cc3)n2)cc1. The smallest absolute Gasteiger partial charge is 0.482 e. The van der Waals surface area contributed by atoms with Crippen LogP contribution in [0.2, 0.25) is 5.02 Å². The van der Waals surface area contributed by atoms with Gasteiger partial charge in [-0.15, -0.1) is 18.3 Å². The van der Waals surface area contributed by atoms with E-state index in [1.54, 1.807) is 31.2 Å². The molecule has 3 aromatic carbocycles. The molecule has 0 radical (unpaired) electrons. The zero-order chi connectivity index (χ0) is 34.6. The Kier molecular flexibility index (Phi) is 10.2. The van der Waals surface area contributed by atoms with Crippen molar-refractivity contribution < 1.29 is 50.2 Å². The Balaban J connectivity index is 1.20. The number of carbonyl (C=O) groups excluding carboxylic acids is 2. The van der Waals surface area contributed by atoms with Gasteiger partial charge >= 0.3 is 18.6 Å². The lowest BCUT2D eigenvalue weighted by molar-refractivity contribution is -0.274. The molecule has 1 aliphatic rings. The molecule has 4 aromatic rings. The Morgan fingerprint density at radius 1 is 1.06 bits per heavy atom. The van der Waals surface area contributed by atoms with Crippen LogP contribution in [0, 0.1) is 0 Å². The minimum absolute atomic E-state index is 0.110. The minimum Gasteiger partial charge on any atom is -0.482 e. The van der Waals surface area contributed by atoms with Crippen molar-refractivity contribution in [2.75, 3.05) is 17.3 Å². The first-order valence-corrected chi connectivity index (χ1v) is 14.9. The van der Waals surface area contributed by atoms with E-state index in [1.807, 2.05) is 0 Å². The second kappa shape index (κ2) is 14.1. The van der Waals surface area contributed by atoms with E-state index in [4.69, 9.17) is 21.2 Å². The molecule has 1 N–H and O–H groups in total. The van der Waals surface area contributed by atoms with Gasteiger partial charge in [0, 0.05) is 10.6 Å². The van der Waals surface area contributed by atoms with E-state index >= 15 is 0 Å². The summed E-state index contributed by atoms with van der Waals surface area (Å²) in [5, 5.41) is 4.33. The molecule has 11 nitrogen and oxygen atoms in total.